The van der Waals surface area contributed by atoms with Gasteiger partial charge in [0.15, 0.2) is 5.69 Å². The molecular formula is C19H22FN3O3. The maximum absolute atomic E-state index is 13.4. The highest BCUT2D eigenvalue weighted by Gasteiger charge is 2.31. The molecule has 138 valence electrons. The highest BCUT2D eigenvalue weighted by molar-refractivity contribution is 5.94. The number of rotatable bonds is 4. The van der Waals surface area contributed by atoms with Gasteiger partial charge in [0.2, 0.25) is 0 Å². The van der Waals surface area contributed by atoms with Crippen LogP contribution in [0.5, 0.6) is 5.75 Å². The van der Waals surface area contributed by atoms with E-state index in [1.807, 2.05) is 0 Å². The maximum atomic E-state index is 13.4. The summed E-state index contributed by atoms with van der Waals surface area (Å²) in [5, 5.41) is 10.3. The molecule has 1 saturated heterocycles. The second-order valence-electron chi connectivity index (χ2n) is 6.79. The number of nitrogens with zero attached hydrogens (tertiary/aromatic N) is 1. The number of halogens is 1. The molecule has 2 aromatic rings. The topological polar surface area (TPSA) is 76.2 Å². The Bertz CT molecular complexity index is 792. The first kappa shape index (κ1) is 17.0. The van der Waals surface area contributed by atoms with Gasteiger partial charge in [0.1, 0.15) is 17.7 Å². The van der Waals surface area contributed by atoms with Crippen LogP contribution in [0.15, 0.2) is 24.3 Å². The Hall–Kier alpha value is -2.41. The van der Waals surface area contributed by atoms with Gasteiger partial charge in [-0.1, -0.05) is 6.07 Å². The average Bonchev–Trinajstić information content (AvgIpc) is 3.08. The van der Waals surface area contributed by atoms with Gasteiger partial charge in [-0.3, -0.25) is 9.89 Å². The smallest absolute Gasteiger partial charge is 0.272 e. The molecule has 0 bridgehead atoms. The minimum absolute atomic E-state index is 0.191. The van der Waals surface area contributed by atoms with E-state index in [0.717, 1.165) is 36.9 Å². The van der Waals surface area contributed by atoms with Crippen molar-refractivity contribution in [3.63, 3.8) is 0 Å². The summed E-state index contributed by atoms with van der Waals surface area (Å²) in [6.07, 6.45) is 4.29. The number of aromatic amines is 1. The fraction of sp³-hybridized carbons (Fsp3) is 0.474. The summed E-state index contributed by atoms with van der Waals surface area (Å²) in [5.41, 5.74) is 2.58. The highest BCUT2D eigenvalue weighted by Crippen LogP contribution is 2.23. The van der Waals surface area contributed by atoms with Gasteiger partial charge in [0.25, 0.3) is 5.91 Å². The van der Waals surface area contributed by atoms with Crippen LogP contribution in [0.4, 0.5) is 4.39 Å². The lowest BCUT2D eigenvalue weighted by atomic mass is 9.95. The Morgan fingerprint density at radius 2 is 2.23 bits per heavy atom. The van der Waals surface area contributed by atoms with Gasteiger partial charge in [-0.05, 0) is 44.2 Å². The molecule has 0 unspecified atom stereocenters. The second kappa shape index (κ2) is 7.45. The van der Waals surface area contributed by atoms with E-state index < -0.39 is 0 Å². The second-order valence-corrected chi connectivity index (χ2v) is 6.79. The zero-order chi connectivity index (χ0) is 17.9. The van der Waals surface area contributed by atoms with E-state index in [-0.39, 0.29) is 23.9 Å². The number of H-pyrrole nitrogens is 1. The van der Waals surface area contributed by atoms with Crippen molar-refractivity contribution < 1.29 is 18.7 Å². The lowest BCUT2D eigenvalue weighted by Crippen LogP contribution is -2.51. The summed E-state index contributed by atoms with van der Waals surface area (Å²) in [4.78, 5) is 12.7. The SMILES string of the molecule is O=C(N[C@@H]1CCOC[C@H]1Oc1cccc(F)c1)c1n[nH]c2c1CCCC2. The minimum Gasteiger partial charge on any atom is -0.486 e. The van der Waals surface area contributed by atoms with Crippen molar-refractivity contribution in [3.8, 4) is 5.75 Å². The largest absolute Gasteiger partial charge is 0.486 e. The number of amides is 1. The highest BCUT2D eigenvalue weighted by atomic mass is 19.1. The zero-order valence-corrected chi connectivity index (χ0v) is 14.5. The Morgan fingerprint density at radius 1 is 1.35 bits per heavy atom. The number of hydrogen-bond donors (Lipinski definition) is 2. The Kier molecular flexibility index (Phi) is 4.88. The lowest BCUT2D eigenvalue weighted by Gasteiger charge is -2.32. The van der Waals surface area contributed by atoms with Gasteiger partial charge in [0, 0.05) is 23.9 Å². The summed E-state index contributed by atoms with van der Waals surface area (Å²) < 4.78 is 24.7. The summed E-state index contributed by atoms with van der Waals surface area (Å²) in [5.74, 6) is -0.121. The normalized spacial score (nSPS) is 22.5. The van der Waals surface area contributed by atoms with Crippen molar-refractivity contribution in [2.45, 2.75) is 44.2 Å². The van der Waals surface area contributed by atoms with Gasteiger partial charge < -0.3 is 14.8 Å². The molecule has 1 aromatic heterocycles. The molecule has 26 heavy (non-hydrogen) atoms. The van der Waals surface area contributed by atoms with Crippen LogP contribution < -0.4 is 10.1 Å². The third-order valence-corrected chi connectivity index (χ3v) is 4.98. The van der Waals surface area contributed by atoms with Crippen LogP contribution in [0.2, 0.25) is 0 Å². The number of carbonyl (C=O) groups excluding carboxylic acids is 1. The monoisotopic (exact) mass is 359 g/mol. The van der Waals surface area contributed by atoms with Crippen LogP contribution in [0.3, 0.4) is 0 Å². The Balaban J connectivity index is 1.46. The molecule has 0 spiro atoms. The van der Waals surface area contributed by atoms with Gasteiger partial charge >= 0.3 is 0 Å². The van der Waals surface area contributed by atoms with Crippen LogP contribution in [-0.4, -0.2) is 41.5 Å². The Labute approximate surface area is 151 Å². The summed E-state index contributed by atoms with van der Waals surface area (Å²) in [6, 6.07) is 5.77. The third kappa shape index (κ3) is 3.58. The summed E-state index contributed by atoms with van der Waals surface area (Å²) in [6.45, 7) is 0.896. The third-order valence-electron chi connectivity index (χ3n) is 4.98. The summed E-state index contributed by atoms with van der Waals surface area (Å²) >= 11 is 0. The van der Waals surface area contributed by atoms with Crippen molar-refractivity contribution in [3.05, 3.63) is 47.0 Å². The molecule has 7 heteroatoms. The minimum atomic E-state index is -0.371. The van der Waals surface area contributed by atoms with E-state index in [1.165, 1.54) is 12.1 Å². The molecule has 2 N–H and O–H groups in total. The fourth-order valence-electron chi connectivity index (χ4n) is 3.61. The van der Waals surface area contributed by atoms with Crippen LogP contribution >= 0.6 is 0 Å². The molecule has 2 atom stereocenters. The van der Waals surface area contributed by atoms with Gasteiger partial charge in [0.05, 0.1) is 12.6 Å². The van der Waals surface area contributed by atoms with Crippen molar-refractivity contribution >= 4 is 5.91 Å². The molecule has 1 aromatic carbocycles. The van der Waals surface area contributed by atoms with E-state index in [1.54, 1.807) is 12.1 Å². The molecule has 0 saturated carbocycles. The number of carbonyl (C=O) groups is 1. The number of ether oxygens (including phenoxy) is 2. The molecular weight excluding hydrogens is 337 g/mol. The number of aryl methyl sites for hydroxylation is 1. The molecule has 0 radical (unpaired) electrons. The van der Waals surface area contributed by atoms with E-state index in [0.29, 0.717) is 31.1 Å². The average molecular weight is 359 g/mol. The predicted octanol–water partition coefficient (Wildman–Crippen LogP) is 2.39. The van der Waals surface area contributed by atoms with E-state index in [2.05, 4.69) is 15.5 Å². The zero-order valence-electron chi connectivity index (χ0n) is 14.5. The van der Waals surface area contributed by atoms with E-state index in [9.17, 15) is 9.18 Å². The molecule has 1 aliphatic carbocycles. The number of aromatic nitrogens is 2. The first-order valence-electron chi connectivity index (χ1n) is 9.07. The number of benzene rings is 1. The van der Waals surface area contributed by atoms with Crippen LogP contribution in [-0.2, 0) is 17.6 Å². The van der Waals surface area contributed by atoms with Crippen LogP contribution in [0.1, 0.15) is 41.0 Å². The van der Waals surface area contributed by atoms with Gasteiger partial charge in [-0.2, -0.15) is 5.10 Å². The molecule has 2 heterocycles. The summed E-state index contributed by atoms with van der Waals surface area (Å²) in [7, 11) is 0. The molecule has 4 rings (SSSR count). The lowest BCUT2D eigenvalue weighted by molar-refractivity contribution is -0.0136. The van der Waals surface area contributed by atoms with E-state index in [4.69, 9.17) is 9.47 Å². The Morgan fingerprint density at radius 3 is 3.12 bits per heavy atom. The van der Waals surface area contributed by atoms with Crippen molar-refractivity contribution in [2.75, 3.05) is 13.2 Å². The molecule has 1 aliphatic heterocycles. The van der Waals surface area contributed by atoms with Crippen LogP contribution in [0.25, 0.3) is 0 Å². The first-order valence-corrected chi connectivity index (χ1v) is 9.07. The number of fused-ring (bicyclic) bond motifs is 1. The van der Waals surface area contributed by atoms with Crippen molar-refractivity contribution in [2.24, 2.45) is 0 Å². The van der Waals surface area contributed by atoms with Gasteiger partial charge in [-0.15, -0.1) is 0 Å². The molecule has 6 nitrogen and oxygen atoms in total. The molecule has 1 fully saturated rings. The quantitative estimate of drug-likeness (QED) is 0.879. The fourth-order valence-corrected chi connectivity index (χ4v) is 3.61. The molecule has 2 aliphatic rings. The first-order chi connectivity index (χ1) is 12.7. The predicted molar refractivity (Wildman–Crippen MR) is 92.7 cm³/mol. The molecule has 1 amide bonds. The van der Waals surface area contributed by atoms with Crippen LogP contribution in [0, 0.1) is 5.82 Å². The van der Waals surface area contributed by atoms with Crippen molar-refractivity contribution in [1.29, 1.82) is 0 Å². The van der Waals surface area contributed by atoms with E-state index >= 15 is 0 Å². The van der Waals surface area contributed by atoms with Gasteiger partial charge in [-0.25, -0.2) is 4.39 Å². The number of hydrogen-bond acceptors (Lipinski definition) is 4. The van der Waals surface area contributed by atoms with Crippen molar-refractivity contribution in [1.82, 2.24) is 15.5 Å². The maximum Gasteiger partial charge on any atom is 0.272 e. The number of nitrogens with one attached hydrogen (secondary N) is 2. The standard InChI is InChI=1S/C19H22FN3O3/c20-12-4-3-5-13(10-12)26-17-11-25-9-8-16(17)21-19(24)18-14-6-1-2-7-15(14)22-23-18/h3-5,10,16-17H,1-2,6-9,11H2,(H,21,24)(H,22,23)/t16-,17-/m1/s1.